The van der Waals surface area contributed by atoms with Gasteiger partial charge in [-0.1, -0.05) is 36.4 Å². The van der Waals surface area contributed by atoms with E-state index in [-0.39, 0.29) is 11.3 Å². The molecule has 6 nitrogen and oxygen atoms in total. The highest BCUT2D eigenvalue weighted by molar-refractivity contribution is 6.10. The molecular weight excluding hydrogens is 346 g/mol. The van der Waals surface area contributed by atoms with E-state index in [2.05, 4.69) is 4.98 Å². The van der Waals surface area contributed by atoms with E-state index in [0.29, 0.717) is 22.2 Å². The highest BCUT2D eigenvalue weighted by Crippen LogP contribution is 2.22. The minimum Gasteiger partial charge on any atom is -0.453 e. The second-order valence-corrected chi connectivity index (χ2v) is 6.16. The molecule has 0 amide bonds. The summed E-state index contributed by atoms with van der Waals surface area (Å²) < 4.78 is 10.2. The highest BCUT2D eigenvalue weighted by Gasteiger charge is 2.20. The first-order chi connectivity index (χ1) is 13.0. The number of rotatable bonds is 4. The third kappa shape index (κ3) is 3.01. The first kappa shape index (κ1) is 16.8. The number of carbonyl (C=O) groups is 2. The first-order valence-electron chi connectivity index (χ1n) is 8.35. The number of aromatic amines is 1. The summed E-state index contributed by atoms with van der Waals surface area (Å²) in [4.78, 5) is 40.0. The van der Waals surface area contributed by atoms with Crippen LogP contribution in [-0.4, -0.2) is 23.3 Å². The zero-order valence-electron chi connectivity index (χ0n) is 14.4. The largest absolute Gasteiger partial charge is 0.453 e. The van der Waals surface area contributed by atoms with E-state index in [1.807, 2.05) is 24.3 Å². The molecule has 0 saturated heterocycles. The molecule has 0 aliphatic heterocycles. The number of nitrogens with one attached hydrogen (secondary N) is 1. The maximum absolute atomic E-state index is 12.6. The Bertz CT molecular complexity index is 1250. The summed E-state index contributed by atoms with van der Waals surface area (Å²) >= 11 is 0. The molecule has 0 aliphatic rings. The minimum atomic E-state index is -0.889. The van der Waals surface area contributed by atoms with Gasteiger partial charge in [0.05, 0.1) is 0 Å². The van der Waals surface area contributed by atoms with Crippen molar-refractivity contribution in [2.75, 3.05) is 6.61 Å². The minimum absolute atomic E-state index is 0.239. The second kappa shape index (κ2) is 6.57. The molecule has 6 heteroatoms. The molecule has 4 aromatic rings. The van der Waals surface area contributed by atoms with Gasteiger partial charge >= 0.3 is 11.6 Å². The quantitative estimate of drug-likeness (QED) is 0.341. The van der Waals surface area contributed by atoms with Crippen molar-refractivity contribution in [1.82, 2.24) is 4.98 Å². The normalized spacial score (nSPS) is 11.0. The molecule has 2 aromatic carbocycles. The van der Waals surface area contributed by atoms with Crippen molar-refractivity contribution in [1.29, 1.82) is 0 Å². The Morgan fingerprint density at radius 3 is 2.67 bits per heavy atom. The molecule has 2 heterocycles. The summed E-state index contributed by atoms with van der Waals surface area (Å²) in [6, 6.07) is 15.6. The van der Waals surface area contributed by atoms with E-state index in [1.165, 1.54) is 6.07 Å². The molecule has 2 aromatic heterocycles. The lowest BCUT2D eigenvalue weighted by atomic mass is 10.1. The van der Waals surface area contributed by atoms with Gasteiger partial charge < -0.3 is 14.1 Å². The highest BCUT2D eigenvalue weighted by atomic mass is 16.5. The number of aromatic nitrogens is 1. The third-order valence-corrected chi connectivity index (χ3v) is 4.37. The van der Waals surface area contributed by atoms with Crippen molar-refractivity contribution in [3.8, 4) is 0 Å². The molecule has 0 bridgehead atoms. The number of Topliss-reactive ketones (excluding diaryl/α,β-unsaturated/α-hetero) is 1. The fourth-order valence-corrected chi connectivity index (χ4v) is 3.12. The number of ether oxygens (including phenoxy) is 1. The van der Waals surface area contributed by atoms with E-state index < -0.39 is 18.2 Å². The molecule has 0 unspecified atom stereocenters. The molecule has 0 aliphatic carbocycles. The summed E-state index contributed by atoms with van der Waals surface area (Å²) in [7, 11) is 0. The Kier molecular flexibility index (Phi) is 4.08. The Morgan fingerprint density at radius 2 is 1.81 bits per heavy atom. The van der Waals surface area contributed by atoms with Gasteiger partial charge in [-0.05, 0) is 25.1 Å². The summed E-state index contributed by atoms with van der Waals surface area (Å²) in [6.07, 6.45) is 0. The third-order valence-electron chi connectivity index (χ3n) is 4.37. The smallest absolute Gasteiger partial charge is 0.351 e. The van der Waals surface area contributed by atoms with Crippen LogP contribution in [0.2, 0.25) is 0 Å². The number of H-pyrrole nitrogens is 1. The van der Waals surface area contributed by atoms with E-state index in [1.54, 1.807) is 31.2 Å². The number of carbonyl (C=O) groups excluding carboxylic acids is 2. The molecule has 4 rings (SSSR count). The standard InChI is InChI=1S/C21H15NO5/c1-12-19(14-7-3-4-8-16(14)22-12)17(23)11-26-20(24)15-10-13-6-2-5-9-18(13)27-21(15)25/h2-10,22H,11H2,1H3. The van der Waals surface area contributed by atoms with Gasteiger partial charge in [-0.25, -0.2) is 9.59 Å². The number of benzene rings is 2. The van der Waals surface area contributed by atoms with Gasteiger partial charge in [0, 0.05) is 27.5 Å². The van der Waals surface area contributed by atoms with E-state index >= 15 is 0 Å². The molecule has 0 atom stereocenters. The number of hydrogen-bond acceptors (Lipinski definition) is 5. The second-order valence-electron chi connectivity index (χ2n) is 6.16. The Balaban J connectivity index is 1.57. The van der Waals surface area contributed by atoms with Crippen molar-refractivity contribution in [2.45, 2.75) is 6.92 Å². The lowest BCUT2D eigenvalue weighted by Crippen LogP contribution is -2.20. The van der Waals surface area contributed by atoms with Crippen molar-refractivity contribution in [3.05, 3.63) is 81.8 Å². The van der Waals surface area contributed by atoms with Crippen molar-refractivity contribution in [2.24, 2.45) is 0 Å². The van der Waals surface area contributed by atoms with Crippen molar-refractivity contribution >= 4 is 33.6 Å². The molecule has 0 fully saturated rings. The zero-order chi connectivity index (χ0) is 19.0. The summed E-state index contributed by atoms with van der Waals surface area (Å²) in [5, 5.41) is 1.36. The average molecular weight is 361 g/mol. The van der Waals surface area contributed by atoms with Crippen LogP contribution in [0.15, 0.2) is 63.8 Å². The SMILES string of the molecule is Cc1[nH]c2ccccc2c1C(=O)COC(=O)c1cc2ccccc2oc1=O. The predicted octanol–water partition coefficient (Wildman–Crippen LogP) is 3.62. The Morgan fingerprint density at radius 1 is 1.07 bits per heavy atom. The Labute approximate surface area is 153 Å². The van der Waals surface area contributed by atoms with Crippen LogP contribution in [0, 0.1) is 6.92 Å². The Hall–Kier alpha value is -3.67. The van der Waals surface area contributed by atoms with Gasteiger partial charge in [0.25, 0.3) is 0 Å². The summed E-state index contributed by atoms with van der Waals surface area (Å²) in [5.41, 5.74) is 1.35. The van der Waals surface area contributed by atoms with Crippen LogP contribution in [0.5, 0.6) is 0 Å². The fourth-order valence-electron chi connectivity index (χ4n) is 3.12. The van der Waals surface area contributed by atoms with Gasteiger partial charge in [-0.15, -0.1) is 0 Å². The van der Waals surface area contributed by atoms with Gasteiger partial charge in [-0.2, -0.15) is 0 Å². The first-order valence-corrected chi connectivity index (χ1v) is 8.35. The number of para-hydroxylation sites is 2. The lowest BCUT2D eigenvalue weighted by molar-refractivity contribution is 0.0471. The number of aryl methyl sites for hydroxylation is 1. The molecule has 0 radical (unpaired) electrons. The van der Waals surface area contributed by atoms with Crippen LogP contribution in [0.1, 0.15) is 26.4 Å². The van der Waals surface area contributed by atoms with E-state index in [0.717, 1.165) is 10.9 Å². The molecule has 0 saturated carbocycles. The van der Waals surface area contributed by atoms with Gasteiger partial charge in [0.15, 0.2) is 6.61 Å². The van der Waals surface area contributed by atoms with E-state index in [4.69, 9.17) is 9.15 Å². The van der Waals surface area contributed by atoms with Crippen LogP contribution in [0.25, 0.3) is 21.9 Å². The topological polar surface area (TPSA) is 89.4 Å². The van der Waals surface area contributed by atoms with Crippen molar-refractivity contribution in [3.63, 3.8) is 0 Å². The van der Waals surface area contributed by atoms with Crippen LogP contribution < -0.4 is 5.63 Å². The monoisotopic (exact) mass is 361 g/mol. The van der Waals surface area contributed by atoms with Crippen LogP contribution >= 0.6 is 0 Å². The number of ketones is 1. The molecule has 27 heavy (non-hydrogen) atoms. The molecule has 134 valence electrons. The summed E-state index contributed by atoms with van der Waals surface area (Å²) in [6.45, 7) is 1.32. The van der Waals surface area contributed by atoms with Gasteiger partial charge in [0.2, 0.25) is 5.78 Å². The fraction of sp³-hybridized carbons (Fsp3) is 0.0952. The van der Waals surface area contributed by atoms with Gasteiger partial charge in [0.1, 0.15) is 11.1 Å². The molecule has 1 N–H and O–H groups in total. The maximum Gasteiger partial charge on any atom is 0.351 e. The number of fused-ring (bicyclic) bond motifs is 2. The lowest BCUT2D eigenvalue weighted by Gasteiger charge is -2.05. The van der Waals surface area contributed by atoms with E-state index in [9.17, 15) is 14.4 Å². The zero-order valence-corrected chi connectivity index (χ0v) is 14.4. The number of esters is 1. The maximum atomic E-state index is 12.6. The van der Waals surface area contributed by atoms with Gasteiger partial charge in [-0.3, -0.25) is 4.79 Å². The summed E-state index contributed by atoms with van der Waals surface area (Å²) in [5.74, 6) is -1.23. The average Bonchev–Trinajstić information content (AvgIpc) is 3.01. The number of hydrogen-bond donors (Lipinski definition) is 1. The van der Waals surface area contributed by atoms with Crippen molar-refractivity contribution < 1.29 is 18.7 Å². The molecule has 0 spiro atoms. The van der Waals surface area contributed by atoms with Crippen LogP contribution in [-0.2, 0) is 4.74 Å². The van der Waals surface area contributed by atoms with Crippen LogP contribution in [0.3, 0.4) is 0 Å². The van der Waals surface area contributed by atoms with Crippen LogP contribution in [0.4, 0.5) is 0 Å². The molecular formula is C21H15NO5. The predicted molar refractivity (Wildman–Crippen MR) is 100 cm³/mol.